The number of nitrogens with one attached hydrogen (secondary N) is 1. The first-order valence-corrected chi connectivity index (χ1v) is 5.17. The molecule has 13 heavy (non-hydrogen) atoms. The molecule has 1 rings (SSSR count). The van der Waals surface area contributed by atoms with Crippen LogP contribution in [0.2, 0.25) is 5.02 Å². The summed E-state index contributed by atoms with van der Waals surface area (Å²) in [5, 5.41) is 0.658. The number of amides is 1. The maximum atomic E-state index is 11.1. The highest BCUT2D eigenvalue weighted by Gasteiger charge is 2.11. The van der Waals surface area contributed by atoms with Crippen molar-refractivity contribution in [2.24, 2.45) is 5.84 Å². The maximum absolute atomic E-state index is 11.1. The zero-order valence-electron chi connectivity index (χ0n) is 7.26. The molecule has 0 aromatic carbocycles. The van der Waals surface area contributed by atoms with E-state index in [4.69, 9.17) is 17.4 Å². The van der Waals surface area contributed by atoms with Crippen molar-refractivity contribution in [2.75, 3.05) is 0 Å². The summed E-state index contributed by atoms with van der Waals surface area (Å²) in [5.41, 5.74) is 2.08. The molecule has 0 aliphatic rings. The number of thiophene rings is 1. The average molecular weight is 219 g/mol. The van der Waals surface area contributed by atoms with Gasteiger partial charge in [0.05, 0.1) is 9.90 Å². The van der Waals surface area contributed by atoms with Crippen molar-refractivity contribution in [3.8, 4) is 0 Å². The van der Waals surface area contributed by atoms with Crippen LogP contribution in [0.25, 0.3) is 0 Å². The fraction of sp³-hybridized carbons (Fsp3) is 0.375. The molecule has 1 aromatic heterocycles. The molecule has 0 saturated carbocycles. The molecule has 0 saturated heterocycles. The van der Waals surface area contributed by atoms with Crippen molar-refractivity contribution in [1.82, 2.24) is 5.43 Å². The Kier molecular flexibility index (Phi) is 3.71. The van der Waals surface area contributed by atoms with E-state index >= 15 is 0 Å². The van der Waals surface area contributed by atoms with Gasteiger partial charge in [-0.3, -0.25) is 10.2 Å². The minimum atomic E-state index is -0.283. The first-order valence-electron chi connectivity index (χ1n) is 3.98. The topological polar surface area (TPSA) is 55.1 Å². The highest BCUT2D eigenvalue weighted by molar-refractivity contribution is 7.14. The molecule has 0 aliphatic carbocycles. The van der Waals surface area contributed by atoms with E-state index in [0.717, 1.165) is 17.7 Å². The monoisotopic (exact) mass is 218 g/mol. The van der Waals surface area contributed by atoms with Crippen LogP contribution in [-0.4, -0.2) is 5.91 Å². The third-order valence-corrected chi connectivity index (χ3v) is 3.23. The molecule has 3 N–H and O–H groups in total. The van der Waals surface area contributed by atoms with E-state index in [0.29, 0.717) is 9.90 Å². The zero-order chi connectivity index (χ0) is 9.84. The van der Waals surface area contributed by atoms with E-state index in [1.54, 1.807) is 6.07 Å². The van der Waals surface area contributed by atoms with Gasteiger partial charge in [0, 0.05) is 4.88 Å². The molecule has 0 aliphatic heterocycles. The van der Waals surface area contributed by atoms with Crippen molar-refractivity contribution >= 4 is 28.8 Å². The van der Waals surface area contributed by atoms with Gasteiger partial charge in [-0.2, -0.15) is 0 Å². The Balaban J connectivity index is 2.88. The summed E-state index contributed by atoms with van der Waals surface area (Å²) in [6, 6.07) is 1.65. The number of halogens is 1. The molecule has 1 aromatic rings. The van der Waals surface area contributed by atoms with Crippen LogP contribution in [0.1, 0.15) is 27.9 Å². The highest BCUT2D eigenvalue weighted by atomic mass is 35.5. The van der Waals surface area contributed by atoms with E-state index in [-0.39, 0.29) is 5.91 Å². The second kappa shape index (κ2) is 4.60. The van der Waals surface area contributed by atoms with Gasteiger partial charge >= 0.3 is 0 Å². The van der Waals surface area contributed by atoms with Crippen LogP contribution >= 0.6 is 22.9 Å². The Morgan fingerprint density at radius 3 is 3.00 bits per heavy atom. The van der Waals surface area contributed by atoms with Gasteiger partial charge in [-0.25, -0.2) is 5.84 Å². The van der Waals surface area contributed by atoms with Crippen LogP contribution in [0, 0.1) is 0 Å². The Hall–Kier alpha value is -0.580. The molecule has 0 fully saturated rings. The molecule has 3 nitrogen and oxygen atoms in total. The summed E-state index contributed by atoms with van der Waals surface area (Å²) in [6.07, 6.45) is 1.92. The van der Waals surface area contributed by atoms with Crippen molar-refractivity contribution < 1.29 is 4.79 Å². The largest absolute Gasteiger partial charge is 0.289 e. The number of nitrogen functional groups attached to an aromatic ring is 1. The second-order valence-corrected chi connectivity index (χ2v) is 4.15. The van der Waals surface area contributed by atoms with Crippen molar-refractivity contribution in [3.63, 3.8) is 0 Å². The lowest BCUT2D eigenvalue weighted by molar-refractivity contribution is 0.0957. The number of hydrazine groups is 1. The normalized spacial score (nSPS) is 10.1. The molecule has 1 amide bonds. The molecule has 0 spiro atoms. The predicted molar refractivity (Wildman–Crippen MR) is 55.0 cm³/mol. The van der Waals surface area contributed by atoms with E-state index < -0.39 is 0 Å². The van der Waals surface area contributed by atoms with Crippen LogP contribution in [0.3, 0.4) is 0 Å². The van der Waals surface area contributed by atoms with Crippen molar-refractivity contribution in [1.29, 1.82) is 0 Å². The number of carbonyl (C=O) groups excluding carboxylic acids is 1. The smallest absolute Gasteiger partial charge is 0.275 e. The van der Waals surface area contributed by atoms with Gasteiger partial charge in [0.25, 0.3) is 5.91 Å². The summed E-state index contributed by atoms with van der Waals surface area (Å²) in [7, 11) is 0. The lowest BCUT2D eigenvalue weighted by atomic mass is 10.3. The van der Waals surface area contributed by atoms with Crippen LogP contribution in [0.4, 0.5) is 0 Å². The van der Waals surface area contributed by atoms with Crippen molar-refractivity contribution in [2.45, 2.75) is 19.8 Å². The molecular weight excluding hydrogens is 208 g/mol. The Labute approximate surface area is 85.9 Å². The lowest BCUT2D eigenvalue weighted by Crippen LogP contribution is -2.29. The first kappa shape index (κ1) is 10.5. The number of carbonyl (C=O) groups is 1. The minimum absolute atomic E-state index is 0.283. The number of hydrogen-bond acceptors (Lipinski definition) is 3. The fourth-order valence-corrected chi connectivity index (χ4v) is 2.43. The van der Waals surface area contributed by atoms with E-state index in [9.17, 15) is 4.79 Å². The van der Waals surface area contributed by atoms with E-state index in [2.05, 4.69) is 12.3 Å². The Bertz CT molecular complexity index is 311. The molecule has 0 bridgehead atoms. The maximum Gasteiger partial charge on any atom is 0.275 e. The van der Waals surface area contributed by atoms with Gasteiger partial charge in [-0.1, -0.05) is 24.9 Å². The van der Waals surface area contributed by atoms with Crippen LogP contribution in [-0.2, 0) is 6.42 Å². The average Bonchev–Trinajstić information content (AvgIpc) is 2.47. The predicted octanol–water partition coefficient (Wildman–Crippen LogP) is 1.96. The molecule has 0 atom stereocenters. The van der Waals surface area contributed by atoms with Gasteiger partial charge in [-0.15, -0.1) is 11.3 Å². The van der Waals surface area contributed by atoms with Gasteiger partial charge in [0.2, 0.25) is 0 Å². The SMILES string of the molecule is CCCc1sc(C(=O)NN)cc1Cl. The second-order valence-electron chi connectivity index (χ2n) is 2.61. The molecule has 5 heteroatoms. The Morgan fingerprint density at radius 1 is 1.77 bits per heavy atom. The highest BCUT2D eigenvalue weighted by Crippen LogP contribution is 2.27. The number of nitrogens with two attached hydrogens (primary N) is 1. The summed E-state index contributed by atoms with van der Waals surface area (Å²) in [5.74, 6) is 4.72. The summed E-state index contributed by atoms with van der Waals surface area (Å²) < 4.78 is 0. The fourth-order valence-electron chi connectivity index (χ4n) is 0.987. The van der Waals surface area contributed by atoms with Gasteiger partial charge in [0.15, 0.2) is 0 Å². The number of rotatable bonds is 3. The van der Waals surface area contributed by atoms with E-state index in [1.165, 1.54) is 11.3 Å². The zero-order valence-corrected chi connectivity index (χ0v) is 8.84. The first-order chi connectivity index (χ1) is 6.19. The minimum Gasteiger partial charge on any atom is -0.289 e. The number of aryl methyl sites for hydroxylation is 1. The van der Waals surface area contributed by atoms with Gasteiger partial charge < -0.3 is 0 Å². The summed E-state index contributed by atoms with van der Waals surface area (Å²) in [4.78, 5) is 12.7. The summed E-state index contributed by atoms with van der Waals surface area (Å²) in [6.45, 7) is 2.07. The van der Waals surface area contributed by atoms with Crippen LogP contribution in [0.15, 0.2) is 6.07 Å². The molecular formula is C8H11ClN2OS. The standard InChI is InChI=1S/C8H11ClN2OS/c1-2-3-6-5(9)4-7(13-6)8(12)11-10/h4H,2-3,10H2,1H3,(H,11,12). The van der Waals surface area contributed by atoms with Gasteiger partial charge in [-0.05, 0) is 12.5 Å². The molecule has 72 valence electrons. The third kappa shape index (κ3) is 2.43. The number of hydrogen-bond donors (Lipinski definition) is 2. The lowest BCUT2D eigenvalue weighted by Gasteiger charge is -1.92. The quantitative estimate of drug-likeness (QED) is 0.463. The molecule has 1 heterocycles. The van der Waals surface area contributed by atoms with Gasteiger partial charge in [0.1, 0.15) is 0 Å². The molecule has 0 unspecified atom stereocenters. The van der Waals surface area contributed by atoms with Crippen molar-refractivity contribution in [3.05, 3.63) is 20.8 Å². The summed E-state index contributed by atoms with van der Waals surface area (Å²) >= 11 is 7.31. The van der Waals surface area contributed by atoms with Crippen LogP contribution in [0.5, 0.6) is 0 Å². The Morgan fingerprint density at radius 2 is 2.46 bits per heavy atom. The van der Waals surface area contributed by atoms with E-state index in [1.807, 2.05) is 0 Å². The van der Waals surface area contributed by atoms with Crippen LogP contribution < -0.4 is 11.3 Å². The third-order valence-electron chi connectivity index (χ3n) is 1.59. The molecule has 0 radical (unpaired) electrons.